The molecule has 4 rings (SSSR count). The number of likely N-dealkylation sites (N-methyl/N-ethyl adjacent to an activating group) is 1. The first-order valence-electron chi connectivity index (χ1n) is 13.3. The van der Waals surface area contributed by atoms with Crippen molar-refractivity contribution in [3.63, 3.8) is 0 Å². The summed E-state index contributed by atoms with van der Waals surface area (Å²) in [7, 11) is 44.0. The molecule has 0 spiro atoms. The third-order valence-electron chi connectivity index (χ3n) is 8.16. The number of morpholine rings is 1. The minimum Gasteiger partial charge on any atom is -0.395 e. The van der Waals surface area contributed by atoms with E-state index in [2.05, 4.69) is 15.5 Å². The Kier molecular flexibility index (Phi) is 9.43. The van der Waals surface area contributed by atoms with Gasteiger partial charge < -0.3 is 35.3 Å². The van der Waals surface area contributed by atoms with Crippen molar-refractivity contribution in [1.82, 2.24) is 15.1 Å². The quantitative estimate of drug-likeness (QED) is 0.166. The Morgan fingerprint density at radius 2 is 1.63 bits per heavy atom. The van der Waals surface area contributed by atoms with Crippen LogP contribution in [-0.2, 0) is 34.0 Å². The fraction of sp³-hybridized carbons (Fsp3) is 0.423. The number of aliphatic hydroxyl groups is 2. The third-order valence-corrected chi connectivity index (χ3v) is 8.16. The summed E-state index contributed by atoms with van der Waals surface area (Å²) in [5.74, 6) is -2.00. The number of amides is 2. The molecule has 0 aromatic heterocycles. The Morgan fingerprint density at radius 3 is 2.21 bits per heavy atom. The van der Waals surface area contributed by atoms with E-state index in [1.807, 2.05) is 0 Å². The zero-order chi connectivity index (χ0) is 31.9. The maximum Gasteiger partial charge on any atom is 0.254 e. The molecule has 2 heterocycles. The van der Waals surface area contributed by atoms with E-state index in [0.717, 1.165) is 4.90 Å². The maximum atomic E-state index is 13.6. The minimum absolute atomic E-state index is 0.114. The average molecular weight is 565 g/mol. The van der Waals surface area contributed by atoms with Gasteiger partial charge in [0, 0.05) is 56.6 Å². The van der Waals surface area contributed by atoms with Gasteiger partial charge in [-0.1, -0.05) is 17.0 Å². The molecule has 43 heavy (non-hydrogen) atoms. The van der Waals surface area contributed by atoms with Gasteiger partial charge in [0.1, 0.15) is 66.6 Å². The summed E-state index contributed by atoms with van der Waals surface area (Å²) in [6.07, 6.45) is -0.277. The van der Waals surface area contributed by atoms with Crippen molar-refractivity contribution in [2.45, 2.75) is 36.1 Å². The van der Waals surface area contributed by atoms with Gasteiger partial charge in [0.2, 0.25) is 5.91 Å². The molecule has 2 aliphatic rings. The molecule has 1 fully saturated rings. The van der Waals surface area contributed by atoms with Crippen LogP contribution in [-0.4, -0.2) is 143 Å². The molecule has 0 bridgehead atoms. The van der Waals surface area contributed by atoms with Crippen molar-refractivity contribution < 1.29 is 29.3 Å². The largest absolute Gasteiger partial charge is 0.395 e. The van der Waals surface area contributed by atoms with Gasteiger partial charge >= 0.3 is 0 Å². The average Bonchev–Trinajstić information content (AvgIpc) is 3.35. The highest BCUT2D eigenvalue weighted by Crippen LogP contribution is 2.39. The van der Waals surface area contributed by atoms with E-state index < -0.39 is 28.3 Å². The number of carbonyl (C=O) groups excluding carboxylic acids is 3. The molecule has 0 aliphatic carbocycles. The van der Waals surface area contributed by atoms with E-state index in [0.29, 0.717) is 60.7 Å². The van der Waals surface area contributed by atoms with Crippen LogP contribution < -0.4 is 32.5 Å². The van der Waals surface area contributed by atoms with E-state index in [1.54, 1.807) is 12.1 Å². The van der Waals surface area contributed by atoms with Crippen LogP contribution in [0, 0.1) is 0 Å². The molecule has 17 heteroatoms. The van der Waals surface area contributed by atoms with Gasteiger partial charge in [-0.2, -0.15) is 0 Å². The molecule has 3 atom stereocenters. The van der Waals surface area contributed by atoms with Crippen molar-refractivity contribution in [3.8, 4) is 0 Å². The molecule has 2 aromatic rings. The van der Waals surface area contributed by atoms with Gasteiger partial charge in [-0.25, -0.2) is 0 Å². The van der Waals surface area contributed by atoms with Crippen molar-refractivity contribution >= 4 is 101 Å². The molecular formula is C26H25B7N4O6. The highest BCUT2D eigenvalue weighted by atomic mass is 16.5. The summed E-state index contributed by atoms with van der Waals surface area (Å²) in [5.41, 5.74) is -6.33. The molecule has 4 N–H and O–H groups in total. The summed E-state index contributed by atoms with van der Waals surface area (Å²) in [5, 5.41) is 26.8. The standard InChI is InChI=1S/C26H25B7N4O6/c1-34-23(40)25(32,26(33,42)24(31,41)12-38)37-11-15-13(22(37)39)3-2-4-17(15)35-9-14-16(10-36-5-7-43-8-6-36)19(28)21(30)20(29)18(14)27/h2-4,12,35,41-42H,5-11H2,1H3,(H,34,40). The Balaban J connectivity index is 1.71. The van der Waals surface area contributed by atoms with Crippen LogP contribution in [0.15, 0.2) is 18.2 Å². The first-order valence-corrected chi connectivity index (χ1v) is 13.3. The lowest BCUT2D eigenvalue weighted by atomic mass is 9.45. The first kappa shape index (κ1) is 33.0. The van der Waals surface area contributed by atoms with Crippen LogP contribution in [0.4, 0.5) is 5.69 Å². The van der Waals surface area contributed by atoms with Gasteiger partial charge in [-0.3, -0.25) is 14.5 Å². The number of carbonyl (C=O) groups is 3. The van der Waals surface area contributed by atoms with Crippen LogP contribution in [0.2, 0.25) is 0 Å². The van der Waals surface area contributed by atoms with E-state index in [-0.39, 0.29) is 41.3 Å². The summed E-state index contributed by atoms with van der Waals surface area (Å²) in [4.78, 5) is 41.0. The van der Waals surface area contributed by atoms with Crippen LogP contribution >= 0.6 is 0 Å². The van der Waals surface area contributed by atoms with E-state index in [4.69, 9.17) is 59.7 Å². The Labute approximate surface area is 259 Å². The molecule has 14 radical (unpaired) electrons. The number of rotatable bonds is 10. The number of aldehydes is 1. The second kappa shape index (κ2) is 12.3. The normalized spacial score (nSPS) is 19.5. The van der Waals surface area contributed by atoms with Gasteiger partial charge in [-0.15, -0.1) is 10.9 Å². The fourth-order valence-corrected chi connectivity index (χ4v) is 5.36. The molecule has 2 aromatic carbocycles. The lowest BCUT2D eigenvalue weighted by Gasteiger charge is -2.52. The summed E-state index contributed by atoms with van der Waals surface area (Å²) in [6, 6.07) is 4.74. The molecule has 2 aliphatic heterocycles. The summed E-state index contributed by atoms with van der Waals surface area (Å²) >= 11 is 0. The predicted molar refractivity (Wildman–Crippen MR) is 168 cm³/mol. The topological polar surface area (TPSA) is 131 Å². The predicted octanol–water partition coefficient (Wildman–Crippen LogP) is -6.21. The number of nitrogens with zero attached hydrogens (tertiary/aromatic N) is 2. The molecule has 2 amide bonds. The number of ether oxygens (including phenoxy) is 1. The van der Waals surface area contributed by atoms with Crippen LogP contribution in [0.5, 0.6) is 0 Å². The molecule has 206 valence electrons. The second-order valence-electron chi connectivity index (χ2n) is 10.6. The lowest BCUT2D eigenvalue weighted by Crippen LogP contribution is -2.79. The molecule has 3 unspecified atom stereocenters. The fourth-order valence-electron chi connectivity index (χ4n) is 5.36. The monoisotopic (exact) mass is 566 g/mol. The van der Waals surface area contributed by atoms with Crippen molar-refractivity contribution in [3.05, 3.63) is 40.5 Å². The van der Waals surface area contributed by atoms with Crippen LogP contribution in [0.3, 0.4) is 0 Å². The lowest BCUT2D eigenvalue weighted by molar-refractivity contribution is -0.151. The van der Waals surface area contributed by atoms with E-state index in [1.165, 1.54) is 13.1 Å². The van der Waals surface area contributed by atoms with Gasteiger partial charge in [-0.05, 0) is 23.3 Å². The smallest absolute Gasteiger partial charge is 0.254 e. The SMILES string of the molecule is [B]c1c([B])c([B])c(CN2CCOCC2)c(CNc2cccc3c2CN(C([B])(C(=O)NC)C([B])(O)C([B])(O)C=O)C3=O)c1[B]. The number of benzene rings is 2. The Morgan fingerprint density at radius 1 is 1.02 bits per heavy atom. The maximum absolute atomic E-state index is 13.6. The van der Waals surface area contributed by atoms with E-state index in [9.17, 15) is 24.6 Å². The first-order chi connectivity index (χ1) is 20.1. The molecular weight excluding hydrogens is 540 g/mol. The van der Waals surface area contributed by atoms with Gasteiger partial charge in [0.05, 0.1) is 24.2 Å². The number of hydrogen-bond donors (Lipinski definition) is 4. The van der Waals surface area contributed by atoms with Crippen LogP contribution in [0.1, 0.15) is 27.0 Å². The summed E-state index contributed by atoms with van der Waals surface area (Å²) < 4.78 is 5.44. The molecule has 1 saturated heterocycles. The highest BCUT2D eigenvalue weighted by molar-refractivity contribution is 6.63. The Bertz CT molecular complexity index is 1450. The van der Waals surface area contributed by atoms with Crippen molar-refractivity contribution in [2.24, 2.45) is 0 Å². The van der Waals surface area contributed by atoms with Gasteiger partial charge in [0.15, 0.2) is 0 Å². The number of nitrogens with one attached hydrogen (secondary N) is 2. The second-order valence-corrected chi connectivity index (χ2v) is 10.6. The number of hydrogen-bond acceptors (Lipinski definition) is 8. The molecule has 10 nitrogen and oxygen atoms in total. The number of anilines is 1. The van der Waals surface area contributed by atoms with Crippen molar-refractivity contribution in [2.75, 3.05) is 38.7 Å². The minimum atomic E-state index is -3.32. The molecule has 0 saturated carbocycles. The summed E-state index contributed by atoms with van der Waals surface area (Å²) in [6.45, 7) is 2.69. The van der Waals surface area contributed by atoms with E-state index >= 15 is 0 Å². The van der Waals surface area contributed by atoms with Crippen LogP contribution in [0.25, 0.3) is 0 Å². The van der Waals surface area contributed by atoms with Crippen molar-refractivity contribution in [1.29, 1.82) is 0 Å². The Hall–Kier alpha value is -2.86. The zero-order valence-corrected chi connectivity index (χ0v) is 23.7. The highest BCUT2D eigenvalue weighted by Gasteiger charge is 2.61. The van der Waals surface area contributed by atoms with Gasteiger partial charge in [0.25, 0.3) is 5.91 Å². The zero-order valence-electron chi connectivity index (χ0n) is 23.7. The third kappa shape index (κ3) is 5.49. The number of fused-ring (bicyclic) bond motifs is 1.